The van der Waals surface area contributed by atoms with Gasteiger partial charge < -0.3 is 5.11 Å². The smallest absolute Gasteiger partial charge is 0.306 e. The fraction of sp³-hybridized carbons (Fsp3) is 0.222. The first-order valence-electron chi connectivity index (χ1n) is 3.96. The van der Waals surface area contributed by atoms with E-state index in [2.05, 4.69) is 12.6 Å². The van der Waals surface area contributed by atoms with Crippen molar-refractivity contribution in [2.45, 2.75) is 6.61 Å². The third kappa shape index (κ3) is 2.25. The third-order valence-corrected chi connectivity index (χ3v) is 1.92. The van der Waals surface area contributed by atoms with Gasteiger partial charge in [0.25, 0.3) is 0 Å². The van der Waals surface area contributed by atoms with Crippen molar-refractivity contribution in [1.82, 2.24) is 0 Å². The van der Waals surface area contributed by atoms with Crippen LogP contribution in [0.1, 0.15) is 5.56 Å². The van der Waals surface area contributed by atoms with Gasteiger partial charge in [-0.25, -0.2) is 0 Å². The summed E-state index contributed by atoms with van der Waals surface area (Å²) < 4.78 is 0. The van der Waals surface area contributed by atoms with E-state index < -0.39 is 5.24 Å². The van der Waals surface area contributed by atoms with E-state index in [1.165, 1.54) is 7.11 Å². The van der Waals surface area contributed by atoms with Crippen LogP contribution >= 0.6 is 12.6 Å². The molecule has 0 saturated carbocycles. The Morgan fingerprint density at radius 1 is 1.57 bits per heavy atom. The number of amides is 1. The Labute approximate surface area is 87.5 Å². The Morgan fingerprint density at radius 2 is 2.21 bits per heavy atom. The molecule has 0 spiro atoms. The van der Waals surface area contributed by atoms with Crippen LogP contribution in [-0.2, 0) is 11.4 Å². The summed E-state index contributed by atoms with van der Waals surface area (Å²) in [6, 6.07) is 6.89. The highest BCUT2D eigenvalue weighted by Gasteiger charge is 2.14. The van der Waals surface area contributed by atoms with E-state index in [1.54, 1.807) is 24.3 Å². The van der Waals surface area contributed by atoms with Crippen molar-refractivity contribution in [2.24, 2.45) is 0 Å². The van der Waals surface area contributed by atoms with Gasteiger partial charge in [0.1, 0.15) is 0 Å². The highest BCUT2D eigenvalue weighted by Crippen LogP contribution is 2.21. The lowest BCUT2D eigenvalue weighted by molar-refractivity contribution is 0.176. The van der Waals surface area contributed by atoms with Crippen molar-refractivity contribution >= 4 is 23.6 Å². The van der Waals surface area contributed by atoms with E-state index >= 15 is 0 Å². The molecule has 1 aromatic carbocycles. The maximum Gasteiger partial charge on any atom is 0.306 e. The van der Waals surface area contributed by atoms with Crippen molar-refractivity contribution in [3.63, 3.8) is 0 Å². The molecule has 14 heavy (non-hydrogen) atoms. The van der Waals surface area contributed by atoms with Crippen molar-refractivity contribution < 1.29 is 14.7 Å². The molecule has 0 fully saturated rings. The summed E-state index contributed by atoms with van der Waals surface area (Å²) in [4.78, 5) is 15.9. The molecule has 0 aliphatic heterocycles. The lowest BCUT2D eigenvalue weighted by Crippen LogP contribution is -2.25. The normalized spacial score (nSPS) is 9.93. The van der Waals surface area contributed by atoms with Gasteiger partial charge in [-0.3, -0.25) is 9.63 Å². The number of carbonyl (C=O) groups excluding carboxylic acids is 1. The number of hydroxylamine groups is 1. The Hall–Kier alpha value is -1.04. The second kappa shape index (κ2) is 4.99. The number of aliphatic hydroxyl groups is 1. The maximum atomic E-state index is 11.0. The average molecular weight is 213 g/mol. The van der Waals surface area contributed by atoms with Crippen molar-refractivity contribution in [1.29, 1.82) is 0 Å². The number of thiol groups is 1. The number of benzene rings is 1. The van der Waals surface area contributed by atoms with Gasteiger partial charge in [0, 0.05) is 5.56 Å². The molecule has 5 heteroatoms. The fourth-order valence-corrected chi connectivity index (χ4v) is 1.31. The molecule has 0 heterocycles. The molecule has 76 valence electrons. The predicted octanol–water partition coefficient (Wildman–Crippen LogP) is 1.60. The largest absolute Gasteiger partial charge is 0.392 e. The molecule has 4 nitrogen and oxygen atoms in total. The van der Waals surface area contributed by atoms with E-state index in [-0.39, 0.29) is 6.61 Å². The number of anilines is 1. The first-order chi connectivity index (χ1) is 6.70. The molecule has 0 aromatic heterocycles. The van der Waals surface area contributed by atoms with Crippen molar-refractivity contribution in [2.75, 3.05) is 12.2 Å². The summed E-state index contributed by atoms with van der Waals surface area (Å²) in [7, 11) is 1.36. The van der Waals surface area contributed by atoms with Crippen LogP contribution in [0.3, 0.4) is 0 Å². The molecule has 0 atom stereocenters. The zero-order chi connectivity index (χ0) is 10.6. The Morgan fingerprint density at radius 3 is 2.71 bits per heavy atom. The molecule has 0 aliphatic carbocycles. The molecule has 0 unspecified atom stereocenters. The third-order valence-electron chi connectivity index (χ3n) is 1.74. The van der Waals surface area contributed by atoms with Gasteiger partial charge in [0.2, 0.25) is 0 Å². The molecule has 1 rings (SSSR count). The van der Waals surface area contributed by atoms with Crippen molar-refractivity contribution in [3.8, 4) is 0 Å². The van der Waals surface area contributed by atoms with Gasteiger partial charge in [-0.15, -0.1) is 0 Å². The highest BCUT2D eigenvalue weighted by molar-refractivity contribution is 7.96. The number of hydrogen-bond donors (Lipinski definition) is 2. The van der Waals surface area contributed by atoms with Crippen LogP contribution in [0.4, 0.5) is 10.5 Å². The monoisotopic (exact) mass is 213 g/mol. The molecule has 0 radical (unpaired) electrons. The summed E-state index contributed by atoms with van der Waals surface area (Å²) in [5, 5.41) is 9.50. The Kier molecular flexibility index (Phi) is 3.94. The van der Waals surface area contributed by atoms with Gasteiger partial charge in [-0.1, -0.05) is 30.8 Å². The van der Waals surface area contributed by atoms with Crippen LogP contribution in [-0.4, -0.2) is 17.5 Å². The van der Waals surface area contributed by atoms with E-state index in [0.29, 0.717) is 11.3 Å². The van der Waals surface area contributed by atoms with Crippen LogP contribution in [0.2, 0.25) is 0 Å². The van der Waals surface area contributed by atoms with Crippen molar-refractivity contribution in [3.05, 3.63) is 29.8 Å². The van der Waals surface area contributed by atoms with Gasteiger partial charge >= 0.3 is 5.24 Å². The standard InChI is InChI=1S/C9H11NO3S/c1-13-10(9(12)14)8-5-3-2-4-7(8)6-11/h2-5,11H,6H2,1H3,(H,12,14). The number of rotatable bonds is 3. The van der Waals surface area contributed by atoms with Gasteiger partial charge in [0.05, 0.1) is 19.4 Å². The minimum absolute atomic E-state index is 0.156. The van der Waals surface area contributed by atoms with Crippen LogP contribution in [0.15, 0.2) is 24.3 Å². The highest BCUT2D eigenvalue weighted by atomic mass is 32.1. The Bertz CT molecular complexity index is 330. The van der Waals surface area contributed by atoms with Gasteiger partial charge in [-0.05, 0) is 6.07 Å². The Balaban J connectivity index is 3.08. The van der Waals surface area contributed by atoms with E-state index in [0.717, 1.165) is 5.06 Å². The predicted molar refractivity (Wildman–Crippen MR) is 56.2 cm³/mol. The minimum atomic E-state index is -0.534. The number of hydrogen-bond acceptors (Lipinski definition) is 3. The first-order valence-corrected chi connectivity index (χ1v) is 4.41. The fourth-order valence-electron chi connectivity index (χ4n) is 1.12. The maximum absolute atomic E-state index is 11.0. The minimum Gasteiger partial charge on any atom is -0.392 e. The number of carbonyl (C=O) groups is 1. The summed E-state index contributed by atoms with van der Waals surface area (Å²) in [6.07, 6.45) is 0. The van der Waals surface area contributed by atoms with Gasteiger partial charge in [-0.2, -0.15) is 5.06 Å². The zero-order valence-corrected chi connectivity index (χ0v) is 8.57. The van der Waals surface area contributed by atoms with E-state index in [9.17, 15) is 4.79 Å². The summed E-state index contributed by atoms with van der Waals surface area (Å²) >= 11 is 3.65. The van der Waals surface area contributed by atoms with E-state index in [1.807, 2.05) is 0 Å². The quantitative estimate of drug-likeness (QED) is 0.592. The lowest BCUT2D eigenvalue weighted by Gasteiger charge is -2.19. The molecule has 0 saturated heterocycles. The molecule has 1 amide bonds. The molecular weight excluding hydrogens is 202 g/mol. The summed E-state index contributed by atoms with van der Waals surface area (Å²) in [6.45, 7) is -0.156. The van der Waals surface area contributed by atoms with Crippen LogP contribution < -0.4 is 5.06 Å². The molecule has 1 N–H and O–H groups in total. The van der Waals surface area contributed by atoms with E-state index in [4.69, 9.17) is 9.94 Å². The molecular formula is C9H11NO3S. The second-order valence-corrected chi connectivity index (χ2v) is 2.93. The summed E-state index contributed by atoms with van der Waals surface area (Å²) in [5.74, 6) is 0. The number of nitrogens with zero attached hydrogens (tertiary/aromatic N) is 1. The molecule has 0 bridgehead atoms. The number of para-hydroxylation sites is 1. The first kappa shape index (κ1) is 11.0. The van der Waals surface area contributed by atoms with Crippen LogP contribution in [0.5, 0.6) is 0 Å². The topological polar surface area (TPSA) is 49.8 Å². The average Bonchev–Trinajstić information content (AvgIpc) is 2.19. The zero-order valence-electron chi connectivity index (χ0n) is 7.67. The summed E-state index contributed by atoms with van der Waals surface area (Å²) in [5.41, 5.74) is 1.11. The molecule has 0 aliphatic rings. The SMILES string of the molecule is CON(C(=O)S)c1ccccc1CO. The molecule has 1 aromatic rings. The number of aliphatic hydroxyl groups excluding tert-OH is 1. The lowest BCUT2D eigenvalue weighted by atomic mass is 10.2. The van der Waals surface area contributed by atoms with Crippen LogP contribution in [0, 0.1) is 0 Å². The van der Waals surface area contributed by atoms with Gasteiger partial charge in [0.15, 0.2) is 0 Å². The van der Waals surface area contributed by atoms with Crippen LogP contribution in [0.25, 0.3) is 0 Å². The second-order valence-electron chi connectivity index (χ2n) is 2.55.